The highest BCUT2D eigenvalue weighted by molar-refractivity contribution is 7.90. The fraction of sp³-hybridized carbons (Fsp3) is 0.321. The number of rotatable bonds is 4. The van der Waals surface area contributed by atoms with Crippen LogP contribution in [-0.4, -0.2) is 55.9 Å². The average Bonchev–Trinajstić information content (AvgIpc) is 3.31. The van der Waals surface area contributed by atoms with Crippen molar-refractivity contribution in [2.24, 2.45) is 16.3 Å². The number of ether oxygens (including phenoxy) is 1. The summed E-state index contributed by atoms with van der Waals surface area (Å²) in [7, 11) is -1.80. The van der Waals surface area contributed by atoms with E-state index >= 15 is 0 Å². The van der Waals surface area contributed by atoms with Crippen LogP contribution < -0.4 is 5.32 Å². The van der Waals surface area contributed by atoms with Crippen molar-refractivity contribution < 1.29 is 22.7 Å². The van der Waals surface area contributed by atoms with Gasteiger partial charge in [0, 0.05) is 17.0 Å². The minimum atomic E-state index is -3.39. The zero-order chi connectivity index (χ0) is 27.9. The number of methoxy groups -OCH3 is 1. The van der Waals surface area contributed by atoms with Gasteiger partial charge in [-0.3, -0.25) is 19.6 Å². The maximum Gasteiger partial charge on any atom is 0.330 e. The number of hydrogen-bond acceptors (Lipinski definition) is 6. The van der Waals surface area contributed by atoms with Crippen LogP contribution in [0.4, 0.5) is 4.79 Å². The summed E-state index contributed by atoms with van der Waals surface area (Å²) in [6.07, 6.45) is 3.14. The van der Waals surface area contributed by atoms with Gasteiger partial charge in [0.2, 0.25) is 5.91 Å². The molecule has 3 heterocycles. The second-order valence-electron chi connectivity index (χ2n) is 10.5. The van der Waals surface area contributed by atoms with Crippen LogP contribution in [0.2, 0.25) is 5.02 Å². The molecular weight excluding hydrogens is 540 g/mol. The zero-order valence-corrected chi connectivity index (χ0v) is 23.4. The second kappa shape index (κ2) is 8.69. The first-order valence-electron chi connectivity index (χ1n) is 12.5. The second-order valence-corrected chi connectivity index (χ2v) is 12.9. The quantitative estimate of drug-likeness (QED) is 0.596. The Morgan fingerprint density at radius 2 is 1.72 bits per heavy atom. The minimum absolute atomic E-state index is 0.110. The third kappa shape index (κ3) is 3.80. The van der Waals surface area contributed by atoms with Crippen LogP contribution in [0.3, 0.4) is 0 Å². The number of amides is 3. The zero-order valence-electron chi connectivity index (χ0n) is 21.8. The number of fused-ring (bicyclic) bond motifs is 2. The van der Waals surface area contributed by atoms with Gasteiger partial charge in [0.25, 0.3) is 0 Å². The van der Waals surface area contributed by atoms with Gasteiger partial charge in [0.1, 0.15) is 24.2 Å². The Bertz CT molecular complexity index is 1610. The van der Waals surface area contributed by atoms with Crippen LogP contribution in [-0.2, 0) is 19.4 Å². The summed E-state index contributed by atoms with van der Waals surface area (Å²) in [5.41, 5.74) is 2.01. The molecule has 3 aliphatic heterocycles. The van der Waals surface area contributed by atoms with Crippen LogP contribution in [0.15, 0.2) is 81.6 Å². The van der Waals surface area contributed by atoms with E-state index < -0.39 is 27.3 Å². The number of nitrogens with zero attached hydrogens (tertiary/aromatic N) is 3. The molecular formula is C28H27ClN4O5S. The smallest absolute Gasteiger partial charge is 0.330 e. The average molecular weight is 567 g/mol. The third-order valence-corrected chi connectivity index (χ3v) is 9.33. The number of halogens is 1. The summed E-state index contributed by atoms with van der Waals surface area (Å²) >= 11 is 6.20. The van der Waals surface area contributed by atoms with Crippen molar-refractivity contribution in [3.05, 3.63) is 87.9 Å². The number of amidine groups is 1. The fourth-order valence-electron chi connectivity index (χ4n) is 6.10. The summed E-state index contributed by atoms with van der Waals surface area (Å²) in [5, 5.41) is 3.54. The summed E-state index contributed by atoms with van der Waals surface area (Å²) < 4.78 is 29.9. The molecule has 6 rings (SSSR count). The number of aliphatic imine (C=N–C) groups is 1. The van der Waals surface area contributed by atoms with Gasteiger partial charge < -0.3 is 10.1 Å². The van der Waals surface area contributed by atoms with Crippen molar-refractivity contribution in [2.75, 3.05) is 19.9 Å². The molecule has 1 fully saturated rings. The van der Waals surface area contributed by atoms with E-state index in [1.54, 1.807) is 53.3 Å². The van der Waals surface area contributed by atoms with Crippen molar-refractivity contribution in [3.63, 3.8) is 0 Å². The van der Waals surface area contributed by atoms with Crippen LogP contribution in [0.25, 0.3) is 0 Å². The number of nitrogens with one attached hydrogen (secondary N) is 1. The van der Waals surface area contributed by atoms with Crippen molar-refractivity contribution in [1.29, 1.82) is 0 Å². The lowest BCUT2D eigenvalue weighted by Crippen LogP contribution is -2.64. The topological polar surface area (TPSA) is 108 Å². The lowest BCUT2D eigenvalue weighted by molar-refractivity contribution is -0.122. The predicted octanol–water partition coefficient (Wildman–Crippen LogP) is 4.20. The Morgan fingerprint density at radius 1 is 1.08 bits per heavy atom. The predicted molar refractivity (Wildman–Crippen MR) is 145 cm³/mol. The van der Waals surface area contributed by atoms with Gasteiger partial charge in [-0.1, -0.05) is 35.9 Å². The Morgan fingerprint density at radius 3 is 2.33 bits per heavy atom. The maximum absolute atomic E-state index is 14.2. The van der Waals surface area contributed by atoms with E-state index in [4.69, 9.17) is 21.3 Å². The monoisotopic (exact) mass is 566 g/mol. The molecule has 202 valence electrons. The van der Waals surface area contributed by atoms with Crippen molar-refractivity contribution in [3.8, 4) is 0 Å². The maximum atomic E-state index is 14.2. The molecule has 9 nitrogen and oxygen atoms in total. The van der Waals surface area contributed by atoms with Gasteiger partial charge in [0.05, 0.1) is 35.1 Å². The highest BCUT2D eigenvalue weighted by atomic mass is 35.5. The number of hydrogen-bond donors (Lipinski definition) is 1. The number of urea groups is 1. The van der Waals surface area contributed by atoms with Gasteiger partial charge in [0.15, 0.2) is 9.84 Å². The first-order valence-corrected chi connectivity index (χ1v) is 14.8. The lowest BCUT2D eigenvalue weighted by atomic mass is 9.73. The number of carbonyl (C=O) groups is 2. The Labute approximate surface area is 231 Å². The minimum Gasteiger partial charge on any atom is -0.501 e. The van der Waals surface area contributed by atoms with Gasteiger partial charge in [-0.25, -0.2) is 13.2 Å². The molecule has 4 aliphatic rings. The molecule has 4 atom stereocenters. The molecule has 3 amide bonds. The normalized spacial score (nSPS) is 28.0. The van der Waals surface area contributed by atoms with E-state index in [1.807, 2.05) is 32.1 Å². The van der Waals surface area contributed by atoms with E-state index in [-0.39, 0.29) is 29.3 Å². The number of sulfone groups is 1. The Hall–Kier alpha value is -3.63. The number of carbonyl (C=O) groups excluding carboxylic acids is 2. The molecule has 1 aliphatic carbocycles. The first kappa shape index (κ1) is 25.6. The van der Waals surface area contributed by atoms with E-state index in [2.05, 4.69) is 5.32 Å². The van der Waals surface area contributed by atoms with Gasteiger partial charge in [-0.05, 0) is 55.3 Å². The SMILES string of the molecule is COC1=CC2(C)C3=NC(c4ccc(S(C)(=O)=O)cc4)C(c4ccc(Cl)cc4)N3C(=O)N3CC(=O)NC(=C32)C1C. The molecule has 0 bridgehead atoms. The Kier molecular flexibility index (Phi) is 5.71. The highest BCUT2D eigenvalue weighted by Gasteiger charge is 2.59. The van der Waals surface area contributed by atoms with Crippen LogP contribution in [0, 0.1) is 11.3 Å². The number of benzene rings is 2. The van der Waals surface area contributed by atoms with Gasteiger partial charge in [-0.2, -0.15) is 0 Å². The van der Waals surface area contributed by atoms with Crippen molar-refractivity contribution in [2.45, 2.75) is 30.8 Å². The molecule has 1 N–H and O–H groups in total. The van der Waals surface area contributed by atoms with Crippen molar-refractivity contribution in [1.82, 2.24) is 15.1 Å². The molecule has 39 heavy (non-hydrogen) atoms. The standard InChI is InChI=1S/C28H27ClN4O5S/c1-15-20(38-3)13-28(2)25-22(15)30-21(34)14-32(25)27(35)33-24(17-5-9-18(29)10-6-17)23(31-26(28)33)16-7-11-19(12-8-16)39(4,36)37/h5-13,15,23-24H,14H2,1-4H3,(H,30,34). The molecule has 1 saturated heterocycles. The Balaban J connectivity index is 1.58. The van der Waals surface area contributed by atoms with E-state index in [0.717, 1.165) is 17.4 Å². The molecule has 0 radical (unpaired) electrons. The van der Waals surface area contributed by atoms with Crippen molar-refractivity contribution >= 4 is 39.2 Å². The van der Waals surface area contributed by atoms with Crippen LogP contribution in [0.1, 0.15) is 37.1 Å². The van der Waals surface area contributed by atoms with E-state index in [1.165, 1.54) is 0 Å². The summed E-state index contributed by atoms with van der Waals surface area (Å²) in [4.78, 5) is 35.6. The molecule has 0 aromatic heterocycles. The molecule has 2 aromatic carbocycles. The van der Waals surface area contributed by atoms with E-state index in [9.17, 15) is 18.0 Å². The molecule has 0 spiro atoms. The van der Waals surface area contributed by atoms with E-state index in [0.29, 0.717) is 28.0 Å². The first-order chi connectivity index (χ1) is 18.4. The summed E-state index contributed by atoms with van der Waals surface area (Å²) in [6.45, 7) is 3.79. The molecule has 4 unspecified atom stereocenters. The molecule has 2 aromatic rings. The summed E-state index contributed by atoms with van der Waals surface area (Å²) in [6, 6.07) is 12.4. The highest BCUT2D eigenvalue weighted by Crippen LogP contribution is 2.55. The van der Waals surface area contributed by atoms with Crippen LogP contribution >= 0.6 is 11.6 Å². The molecule has 11 heteroatoms. The lowest BCUT2D eigenvalue weighted by Gasteiger charge is -2.51. The van der Waals surface area contributed by atoms with Crippen LogP contribution in [0.5, 0.6) is 0 Å². The fourth-order valence-corrected chi connectivity index (χ4v) is 6.86. The van der Waals surface area contributed by atoms with Gasteiger partial charge >= 0.3 is 6.03 Å². The summed E-state index contributed by atoms with van der Waals surface area (Å²) in [5.74, 6) is 0.673. The third-order valence-electron chi connectivity index (χ3n) is 7.95. The molecule has 0 saturated carbocycles. The largest absolute Gasteiger partial charge is 0.501 e. The van der Waals surface area contributed by atoms with Gasteiger partial charge in [-0.15, -0.1) is 0 Å².